The van der Waals surface area contributed by atoms with Crippen LogP contribution in [0.25, 0.3) is 0 Å². The molecule has 0 aliphatic heterocycles. The van der Waals surface area contributed by atoms with Gasteiger partial charge in [0.25, 0.3) is 0 Å². The van der Waals surface area contributed by atoms with Gasteiger partial charge in [0.05, 0.1) is 18.6 Å². The molecular formula is C28H48O5. The molecule has 2 aliphatic carbocycles. The highest BCUT2D eigenvalue weighted by Gasteiger charge is 2.30. The molecular weight excluding hydrogens is 416 g/mol. The van der Waals surface area contributed by atoms with Gasteiger partial charge in [-0.1, -0.05) is 45.6 Å². The largest absolute Gasteiger partial charge is 0.462 e. The Morgan fingerprint density at radius 2 is 1.42 bits per heavy atom. The molecule has 33 heavy (non-hydrogen) atoms. The molecule has 2 aliphatic rings. The number of carbonyl (C=O) groups excluding carboxylic acids is 2. The van der Waals surface area contributed by atoms with E-state index in [1.165, 1.54) is 38.5 Å². The van der Waals surface area contributed by atoms with E-state index < -0.39 is 0 Å². The lowest BCUT2D eigenvalue weighted by molar-refractivity contribution is -0.158. The monoisotopic (exact) mass is 464 g/mol. The van der Waals surface area contributed by atoms with Crippen molar-refractivity contribution in [3.63, 3.8) is 0 Å². The van der Waals surface area contributed by atoms with Crippen molar-refractivity contribution < 1.29 is 23.8 Å². The average molecular weight is 465 g/mol. The van der Waals surface area contributed by atoms with Crippen LogP contribution in [0.1, 0.15) is 117 Å². The minimum absolute atomic E-state index is 0.0373. The molecule has 0 atom stereocenters. The summed E-state index contributed by atoms with van der Waals surface area (Å²) in [6.07, 6.45) is 18.0. The highest BCUT2D eigenvalue weighted by atomic mass is 16.5. The number of carbonyl (C=O) groups is 2. The van der Waals surface area contributed by atoms with Gasteiger partial charge in [-0.25, -0.2) is 4.79 Å². The molecule has 0 amide bonds. The number of hydrogen-bond acceptors (Lipinski definition) is 5. The van der Waals surface area contributed by atoms with Crippen molar-refractivity contribution in [2.75, 3.05) is 13.2 Å². The van der Waals surface area contributed by atoms with Crippen LogP contribution in [0, 0.1) is 11.8 Å². The first kappa shape index (κ1) is 27.9. The van der Waals surface area contributed by atoms with Crippen LogP contribution in [0.3, 0.4) is 0 Å². The lowest BCUT2D eigenvalue weighted by atomic mass is 9.83. The molecule has 0 aromatic rings. The van der Waals surface area contributed by atoms with Crippen LogP contribution in [-0.4, -0.2) is 37.4 Å². The summed E-state index contributed by atoms with van der Waals surface area (Å²) < 4.78 is 17.0. The van der Waals surface area contributed by atoms with Gasteiger partial charge >= 0.3 is 11.9 Å². The summed E-state index contributed by atoms with van der Waals surface area (Å²) in [7, 11) is 0. The number of ether oxygens (including phenoxy) is 3. The minimum atomic E-state index is -0.303. The van der Waals surface area contributed by atoms with Gasteiger partial charge in [0.1, 0.15) is 6.10 Å². The number of unbranched alkanes of at least 4 members (excludes halogenated alkanes) is 5. The first-order valence-corrected chi connectivity index (χ1v) is 13.6. The van der Waals surface area contributed by atoms with E-state index >= 15 is 0 Å². The van der Waals surface area contributed by atoms with Crippen molar-refractivity contribution in [3.8, 4) is 0 Å². The minimum Gasteiger partial charge on any atom is -0.462 e. The third-order valence-corrected chi connectivity index (χ3v) is 7.27. The summed E-state index contributed by atoms with van der Waals surface area (Å²) in [5.41, 5.74) is 0.451. The van der Waals surface area contributed by atoms with Crippen LogP contribution in [0.2, 0.25) is 0 Å². The Labute approximate surface area is 202 Å². The van der Waals surface area contributed by atoms with Crippen molar-refractivity contribution in [2.24, 2.45) is 11.8 Å². The number of esters is 2. The first-order valence-electron chi connectivity index (χ1n) is 13.6. The molecule has 0 aromatic carbocycles. The number of rotatable bonds is 15. The predicted octanol–water partition coefficient (Wildman–Crippen LogP) is 6.92. The summed E-state index contributed by atoms with van der Waals surface area (Å²) >= 11 is 0. The normalized spacial score (nSPS) is 25.4. The summed E-state index contributed by atoms with van der Waals surface area (Å²) in [6, 6.07) is 0. The van der Waals surface area contributed by atoms with Crippen LogP contribution >= 0.6 is 0 Å². The second-order valence-electron chi connectivity index (χ2n) is 10.3. The van der Waals surface area contributed by atoms with Gasteiger partial charge in [-0.05, 0) is 83.5 Å². The molecule has 0 saturated heterocycles. The molecule has 0 heterocycles. The molecule has 2 fully saturated rings. The maximum atomic E-state index is 12.6. The van der Waals surface area contributed by atoms with Gasteiger partial charge in [0, 0.05) is 12.2 Å². The second kappa shape index (κ2) is 16.3. The fraction of sp³-hybridized carbons (Fsp3) is 0.857. The van der Waals surface area contributed by atoms with E-state index in [0.29, 0.717) is 12.2 Å². The van der Waals surface area contributed by atoms with Gasteiger partial charge in [0.15, 0.2) is 0 Å². The highest BCUT2D eigenvalue weighted by molar-refractivity contribution is 5.86. The third-order valence-electron chi connectivity index (χ3n) is 7.27. The van der Waals surface area contributed by atoms with E-state index in [1.54, 1.807) is 6.92 Å². The van der Waals surface area contributed by atoms with E-state index in [2.05, 4.69) is 13.5 Å². The second-order valence-corrected chi connectivity index (χ2v) is 10.3. The van der Waals surface area contributed by atoms with E-state index in [4.69, 9.17) is 14.2 Å². The van der Waals surface area contributed by atoms with Gasteiger partial charge in [-0.15, -0.1) is 0 Å². The summed E-state index contributed by atoms with van der Waals surface area (Å²) in [5, 5.41) is 0. The molecule has 0 N–H and O–H groups in total. The summed E-state index contributed by atoms with van der Waals surface area (Å²) in [4.78, 5) is 23.9. The smallest absolute Gasteiger partial charge is 0.333 e. The summed E-state index contributed by atoms with van der Waals surface area (Å²) in [5.74, 6) is 0.644. The molecule has 0 spiro atoms. The van der Waals surface area contributed by atoms with Crippen molar-refractivity contribution in [3.05, 3.63) is 12.2 Å². The molecule has 0 bridgehead atoms. The Kier molecular flexibility index (Phi) is 13.8. The average Bonchev–Trinajstić information content (AvgIpc) is 2.82. The zero-order valence-electron chi connectivity index (χ0n) is 21.3. The Balaban J connectivity index is 1.46. The van der Waals surface area contributed by atoms with Crippen molar-refractivity contribution in [2.45, 2.75) is 129 Å². The van der Waals surface area contributed by atoms with Crippen LogP contribution in [0.15, 0.2) is 12.2 Å². The SMILES string of the molecule is C=C(C)C(=O)OCCCCCCOC1CCC(C(=O)OC2CCC(CCCCC)CC2)CC1. The van der Waals surface area contributed by atoms with E-state index in [1.807, 2.05) is 0 Å². The molecule has 2 saturated carbocycles. The fourth-order valence-electron chi connectivity index (χ4n) is 5.04. The summed E-state index contributed by atoms with van der Waals surface area (Å²) in [6.45, 7) is 8.73. The standard InChI is InChI=1S/C28H48O5/c1-4-5-8-11-23-12-16-26(17-13-23)33-28(30)24-14-18-25(19-15-24)31-20-9-6-7-10-21-32-27(29)22(2)3/h23-26H,2,4-21H2,1,3H3. The van der Waals surface area contributed by atoms with E-state index in [-0.39, 0.29) is 30.1 Å². The molecule has 2 rings (SSSR count). The van der Waals surface area contributed by atoms with Crippen LogP contribution in [0.5, 0.6) is 0 Å². The Morgan fingerprint density at radius 3 is 2.06 bits per heavy atom. The first-order chi connectivity index (χ1) is 16.0. The molecule has 190 valence electrons. The maximum absolute atomic E-state index is 12.6. The van der Waals surface area contributed by atoms with E-state index in [0.717, 1.165) is 76.7 Å². The molecule has 5 nitrogen and oxygen atoms in total. The van der Waals surface area contributed by atoms with Crippen LogP contribution in [-0.2, 0) is 23.8 Å². The molecule has 0 radical (unpaired) electrons. The van der Waals surface area contributed by atoms with Crippen molar-refractivity contribution >= 4 is 11.9 Å². The van der Waals surface area contributed by atoms with Crippen molar-refractivity contribution in [1.82, 2.24) is 0 Å². The topological polar surface area (TPSA) is 61.8 Å². The lowest BCUT2D eigenvalue weighted by Crippen LogP contribution is -2.31. The Bertz CT molecular complexity index is 571. The van der Waals surface area contributed by atoms with E-state index in [9.17, 15) is 9.59 Å². The van der Waals surface area contributed by atoms with Crippen LogP contribution in [0.4, 0.5) is 0 Å². The Morgan fingerprint density at radius 1 is 0.788 bits per heavy atom. The third kappa shape index (κ3) is 11.6. The lowest BCUT2D eigenvalue weighted by Gasteiger charge is -2.31. The van der Waals surface area contributed by atoms with Gasteiger partial charge in [0.2, 0.25) is 0 Å². The van der Waals surface area contributed by atoms with Crippen molar-refractivity contribution in [1.29, 1.82) is 0 Å². The van der Waals surface area contributed by atoms with Gasteiger partial charge in [-0.2, -0.15) is 0 Å². The zero-order valence-corrected chi connectivity index (χ0v) is 21.3. The van der Waals surface area contributed by atoms with Gasteiger partial charge < -0.3 is 14.2 Å². The van der Waals surface area contributed by atoms with Crippen LogP contribution < -0.4 is 0 Å². The zero-order chi connectivity index (χ0) is 23.9. The number of hydrogen-bond donors (Lipinski definition) is 0. The van der Waals surface area contributed by atoms with Gasteiger partial charge in [-0.3, -0.25) is 4.79 Å². The molecule has 5 heteroatoms. The predicted molar refractivity (Wildman–Crippen MR) is 132 cm³/mol. The molecule has 0 aromatic heterocycles. The molecule has 0 unspecified atom stereocenters. The Hall–Kier alpha value is -1.36. The maximum Gasteiger partial charge on any atom is 0.333 e. The quantitative estimate of drug-likeness (QED) is 0.149. The highest BCUT2D eigenvalue weighted by Crippen LogP contribution is 2.32. The fourth-order valence-corrected chi connectivity index (χ4v) is 5.04.